The summed E-state index contributed by atoms with van der Waals surface area (Å²) in [4.78, 5) is 8.40. The third-order valence-electron chi connectivity index (χ3n) is 3.37. The summed E-state index contributed by atoms with van der Waals surface area (Å²) in [6.07, 6.45) is 1.75. The minimum atomic E-state index is -0.285. The van der Waals surface area contributed by atoms with Gasteiger partial charge in [-0.3, -0.25) is 4.99 Å². The van der Waals surface area contributed by atoms with Gasteiger partial charge >= 0.3 is 0 Å². The maximum Gasteiger partial charge on any atom is 0.213 e. The summed E-state index contributed by atoms with van der Waals surface area (Å²) in [5.41, 5.74) is 0.751. The first-order valence-corrected chi connectivity index (χ1v) is 8.42. The van der Waals surface area contributed by atoms with Crippen LogP contribution < -0.4 is 10.6 Å². The summed E-state index contributed by atoms with van der Waals surface area (Å²) in [5, 5.41) is 6.25. The summed E-state index contributed by atoms with van der Waals surface area (Å²) in [5.74, 6) is 1.74. The Morgan fingerprint density at radius 1 is 1.28 bits per heavy atom. The molecule has 0 aliphatic heterocycles. The molecule has 8 heteroatoms. The minimum Gasteiger partial charge on any atom is -0.443 e. The Labute approximate surface area is 173 Å². The molecule has 0 saturated carbocycles. The molecule has 2 rings (SSSR count). The van der Waals surface area contributed by atoms with Crippen LogP contribution in [-0.2, 0) is 18.5 Å². The van der Waals surface area contributed by atoms with Gasteiger partial charge in [-0.05, 0) is 33.6 Å². The van der Waals surface area contributed by atoms with Gasteiger partial charge in [-0.1, -0.05) is 26.8 Å². The van der Waals surface area contributed by atoms with Crippen molar-refractivity contribution < 1.29 is 8.81 Å². The van der Waals surface area contributed by atoms with E-state index >= 15 is 0 Å². The van der Waals surface area contributed by atoms with Crippen molar-refractivity contribution in [3.05, 3.63) is 51.9 Å². The van der Waals surface area contributed by atoms with Gasteiger partial charge in [0.2, 0.25) is 5.89 Å². The highest BCUT2D eigenvalue weighted by Crippen LogP contribution is 2.22. The molecular formula is C17H23BrFIN4O. The van der Waals surface area contributed by atoms with Gasteiger partial charge in [-0.2, -0.15) is 0 Å². The van der Waals surface area contributed by atoms with Gasteiger partial charge in [0.1, 0.15) is 11.6 Å². The number of oxazole rings is 1. The number of nitrogens with one attached hydrogen (secondary N) is 2. The smallest absolute Gasteiger partial charge is 0.213 e. The molecule has 0 spiro atoms. The van der Waals surface area contributed by atoms with Crippen molar-refractivity contribution in [2.24, 2.45) is 4.99 Å². The number of hydrogen-bond donors (Lipinski definition) is 2. The molecule has 1 heterocycles. The Hall–Kier alpha value is -1.16. The lowest BCUT2D eigenvalue weighted by atomic mass is 9.94. The highest BCUT2D eigenvalue weighted by Gasteiger charge is 2.19. The summed E-state index contributed by atoms with van der Waals surface area (Å²) in [6, 6.07) is 5.01. The summed E-state index contributed by atoms with van der Waals surface area (Å²) >= 11 is 3.14. The van der Waals surface area contributed by atoms with E-state index in [9.17, 15) is 4.39 Å². The number of guanidine groups is 1. The zero-order valence-corrected chi connectivity index (χ0v) is 18.6. The molecule has 1 aromatic carbocycles. The fourth-order valence-electron chi connectivity index (χ4n) is 1.95. The molecule has 1 aromatic heterocycles. The molecule has 0 aliphatic carbocycles. The second-order valence-corrected chi connectivity index (χ2v) is 7.25. The minimum absolute atomic E-state index is 0. The standard InChI is InChI=1S/C17H22BrFN4O.HI/c1-17(2,3)14-9-21-15(24-14)10-23-16(20-4)22-8-11-5-6-12(18)13(19)7-11;/h5-7,9H,8,10H2,1-4H3,(H2,20,22,23);1H. The predicted octanol–water partition coefficient (Wildman–Crippen LogP) is 4.36. The monoisotopic (exact) mass is 524 g/mol. The quantitative estimate of drug-likeness (QED) is 0.354. The molecule has 5 nitrogen and oxygen atoms in total. The van der Waals surface area contributed by atoms with E-state index in [1.165, 1.54) is 6.07 Å². The maximum atomic E-state index is 13.5. The second-order valence-electron chi connectivity index (χ2n) is 6.40. The largest absolute Gasteiger partial charge is 0.443 e. The van der Waals surface area contributed by atoms with E-state index in [-0.39, 0.29) is 35.2 Å². The van der Waals surface area contributed by atoms with Crippen molar-refractivity contribution in [2.75, 3.05) is 7.05 Å². The van der Waals surface area contributed by atoms with Gasteiger partial charge in [0, 0.05) is 19.0 Å². The predicted molar refractivity (Wildman–Crippen MR) is 112 cm³/mol. The van der Waals surface area contributed by atoms with Crippen LogP contribution in [-0.4, -0.2) is 18.0 Å². The Bertz CT molecular complexity index is 728. The lowest BCUT2D eigenvalue weighted by molar-refractivity contribution is 0.379. The van der Waals surface area contributed by atoms with Crippen LogP contribution in [0.1, 0.15) is 38.0 Å². The summed E-state index contributed by atoms with van der Waals surface area (Å²) < 4.78 is 19.7. The zero-order chi connectivity index (χ0) is 17.7. The number of hydrogen-bond acceptors (Lipinski definition) is 3. The summed E-state index contributed by atoms with van der Waals surface area (Å²) in [6.45, 7) is 7.10. The fraction of sp³-hybridized carbons (Fsp3) is 0.412. The number of aliphatic imine (C=N–C) groups is 1. The molecule has 2 aromatic rings. The van der Waals surface area contributed by atoms with Crippen LogP contribution in [0.2, 0.25) is 0 Å². The topological polar surface area (TPSA) is 62.5 Å². The molecule has 0 fully saturated rings. The molecule has 0 saturated heterocycles. The van der Waals surface area contributed by atoms with Crippen LogP contribution in [0.4, 0.5) is 4.39 Å². The molecular weight excluding hydrogens is 502 g/mol. The third kappa shape index (κ3) is 6.58. The van der Waals surface area contributed by atoms with Crippen molar-refractivity contribution in [3.63, 3.8) is 0 Å². The molecule has 25 heavy (non-hydrogen) atoms. The van der Waals surface area contributed by atoms with Gasteiger partial charge in [-0.25, -0.2) is 9.37 Å². The lowest BCUT2D eigenvalue weighted by Crippen LogP contribution is -2.36. The SMILES string of the molecule is CN=C(NCc1ccc(Br)c(F)c1)NCc1ncc(C(C)(C)C)o1.I. The lowest BCUT2D eigenvalue weighted by Gasteiger charge is -2.13. The molecule has 138 valence electrons. The van der Waals surface area contributed by atoms with Crippen LogP contribution in [0.3, 0.4) is 0 Å². The van der Waals surface area contributed by atoms with Crippen molar-refractivity contribution in [3.8, 4) is 0 Å². The Kier molecular flexibility index (Phi) is 8.33. The highest BCUT2D eigenvalue weighted by molar-refractivity contribution is 14.0. The third-order valence-corrected chi connectivity index (χ3v) is 4.01. The average Bonchev–Trinajstić information content (AvgIpc) is 3.00. The molecule has 0 unspecified atom stereocenters. The first-order valence-electron chi connectivity index (χ1n) is 7.63. The maximum absolute atomic E-state index is 13.5. The first-order chi connectivity index (χ1) is 11.3. The fourth-order valence-corrected chi connectivity index (χ4v) is 2.20. The van der Waals surface area contributed by atoms with E-state index in [1.807, 2.05) is 6.07 Å². The normalized spacial score (nSPS) is 11.8. The van der Waals surface area contributed by atoms with E-state index in [1.54, 1.807) is 19.3 Å². The van der Waals surface area contributed by atoms with Crippen molar-refractivity contribution in [1.29, 1.82) is 0 Å². The first kappa shape index (κ1) is 21.9. The van der Waals surface area contributed by atoms with E-state index in [2.05, 4.69) is 57.3 Å². The second kappa shape index (κ2) is 9.51. The van der Waals surface area contributed by atoms with Gasteiger partial charge in [0.05, 0.1) is 17.2 Å². The average molecular weight is 525 g/mol. The van der Waals surface area contributed by atoms with Gasteiger partial charge in [-0.15, -0.1) is 24.0 Å². The molecule has 0 bridgehead atoms. The zero-order valence-electron chi connectivity index (χ0n) is 14.7. The van der Waals surface area contributed by atoms with E-state index in [0.717, 1.165) is 11.3 Å². The van der Waals surface area contributed by atoms with Gasteiger partial charge in [0.15, 0.2) is 5.96 Å². The number of benzene rings is 1. The highest BCUT2D eigenvalue weighted by atomic mass is 127. The Morgan fingerprint density at radius 3 is 2.52 bits per heavy atom. The van der Waals surface area contributed by atoms with Crippen molar-refractivity contribution >= 4 is 45.9 Å². The Morgan fingerprint density at radius 2 is 1.96 bits per heavy atom. The van der Waals surface area contributed by atoms with Gasteiger partial charge < -0.3 is 15.1 Å². The van der Waals surface area contributed by atoms with Crippen molar-refractivity contribution in [1.82, 2.24) is 15.6 Å². The van der Waals surface area contributed by atoms with Crippen LogP contribution >= 0.6 is 39.9 Å². The van der Waals surface area contributed by atoms with Crippen molar-refractivity contribution in [2.45, 2.75) is 39.3 Å². The van der Waals surface area contributed by atoms with Crippen LogP contribution in [0.25, 0.3) is 0 Å². The number of nitrogens with zero attached hydrogens (tertiary/aromatic N) is 2. The van der Waals surface area contributed by atoms with Gasteiger partial charge in [0.25, 0.3) is 0 Å². The van der Waals surface area contributed by atoms with Crippen LogP contribution in [0.15, 0.2) is 38.3 Å². The van der Waals surface area contributed by atoms with E-state index in [4.69, 9.17) is 4.42 Å². The van der Waals surface area contributed by atoms with E-state index in [0.29, 0.717) is 29.4 Å². The molecule has 0 amide bonds. The molecule has 0 radical (unpaired) electrons. The molecule has 2 N–H and O–H groups in total. The van der Waals surface area contributed by atoms with Crippen LogP contribution in [0, 0.1) is 5.82 Å². The number of halogens is 3. The summed E-state index contributed by atoms with van der Waals surface area (Å²) in [7, 11) is 1.67. The van der Waals surface area contributed by atoms with E-state index < -0.39 is 0 Å². The number of aromatic nitrogens is 1. The molecule has 0 aliphatic rings. The Balaban J connectivity index is 0.00000312. The number of rotatable bonds is 4. The molecule has 0 atom stereocenters. The van der Waals surface area contributed by atoms with Crippen LogP contribution in [0.5, 0.6) is 0 Å².